The lowest BCUT2D eigenvalue weighted by atomic mass is 9.85. The summed E-state index contributed by atoms with van der Waals surface area (Å²) < 4.78 is 5.33. The molecule has 1 aliphatic heterocycles. The van der Waals surface area contributed by atoms with E-state index in [1.54, 1.807) is 0 Å². The molecule has 0 aliphatic carbocycles. The summed E-state index contributed by atoms with van der Waals surface area (Å²) in [4.78, 5) is 14.5. The summed E-state index contributed by atoms with van der Waals surface area (Å²) in [5.74, 6) is 0.314. The molecule has 1 aromatic rings. The van der Waals surface area contributed by atoms with E-state index in [2.05, 4.69) is 52.8 Å². The summed E-state index contributed by atoms with van der Waals surface area (Å²) in [5, 5.41) is 0. The molecule has 1 amide bonds. The standard InChI is InChI=1S/C17H24ClNO2/c1-6-17(5)14-12(2)8-7-9-13(14)16(3,4)19(17)15(20)21-11-10-18/h7-9H,6,10-11H2,1-5H3/t17-/m1/s1. The highest BCUT2D eigenvalue weighted by Gasteiger charge is 2.54. The summed E-state index contributed by atoms with van der Waals surface area (Å²) in [6, 6.07) is 6.28. The van der Waals surface area contributed by atoms with Crippen LogP contribution in [0.4, 0.5) is 4.79 Å². The van der Waals surface area contributed by atoms with Crippen molar-refractivity contribution in [3.63, 3.8) is 0 Å². The van der Waals surface area contributed by atoms with Gasteiger partial charge in [-0.2, -0.15) is 0 Å². The van der Waals surface area contributed by atoms with Crippen molar-refractivity contribution >= 4 is 17.7 Å². The molecule has 4 heteroatoms. The van der Waals surface area contributed by atoms with Crippen LogP contribution in [0.25, 0.3) is 0 Å². The van der Waals surface area contributed by atoms with Crippen LogP contribution in [0.5, 0.6) is 0 Å². The lowest BCUT2D eigenvalue weighted by molar-refractivity contribution is 0.0144. The fourth-order valence-electron chi connectivity index (χ4n) is 3.70. The smallest absolute Gasteiger partial charge is 0.411 e. The maximum absolute atomic E-state index is 12.6. The molecule has 2 rings (SSSR count). The van der Waals surface area contributed by atoms with Crippen LogP contribution in [0, 0.1) is 6.92 Å². The van der Waals surface area contributed by atoms with E-state index in [0.717, 1.165) is 6.42 Å². The number of fused-ring (bicyclic) bond motifs is 1. The van der Waals surface area contributed by atoms with Crippen molar-refractivity contribution in [3.8, 4) is 0 Å². The minimum absolute atomic E-state index is 0.238. The minimum Gasteiger partial charge on any atom is -0.448 e. The molecule has 0 saturated heterocycles. The molecular formula is C17H24ClNO2. The Morgan fingerprint density at radius 3 is 2.57 bits per heavy atom. The molecule has 0 fully saturated rings. The molecule has 1 aromatic carbocycles. The summed E-state index contributed by atoms with van der Waals surface area (Å²) in [6.07, 6.45) is 0.546. The Morgan fingerprint density at radius 2 is 2.00 bits per heavy atom. The molecule has 0 bridgehead atoms. The Hall–Kier alpha value is -1.22. The molecule has 0 spiro atoms. The Bertz CT molecular complexity index is 556. The summed E-state index contributed by atoms with van der Waals surface area (Å²) in [6.45, 7) is 10.7. The van der Waals surface area contributed by atoms with Gasteiger partial charge in [-0.1, -0.05) is 25.1 Å². The van der Waals surface area contributed by atoms with E-state index in [-0.39, 0.29) is 18.2 Å². The third kappa shape index (κ3) is 2.32. The molecule has 3 nitrogen and oxygen atoms in total. The van der Waals surface area contributed by atoms with E-state index < -0.39 is 5.54 Å². The van der Waals surface area contributed by atoms with Crippen molar-refractivity contribution in [2.24, 2.45) is 0 Å². The van der Waals surface area contributed by atoms with Crippen LogP contribution in [0.3, 0.4) is 0 Å². The van der Waals surface area contributed by atoms with Gasteiger partial charge < -0.3 is 4.74 Å². The maximum atomic E-state index is 12.6. The topological polar surface area (TPSA) is 29.5 Å². The molecule has 1 aliphatic rings. The summed E-state index contributed by atoms with van der Waals surface area (Å²) >= 11 is 5.65. The Morgan fingerprint density at radius 1 is 1.33 bits per heavy atom. The summed E-state index contributed by atoms with van der Waals surface area (Å²) in [7, 11) is 0. The van der Waals surface area contributed by atoms with E-state index in [0.29, 0.717) is 5.88 Å². The predicted molar refractivity (Wildman–Crippen MR) is 85.8 cm³/mol. The molecule has 0 aromatic heterocycles. The van der Waals surface area contributed by atoms with Crippen LogP contribution in [-0.2, 0) is 15.8 Å². The lowest BCUT2D eigenvalue weighted by Crippen LogP contribution is -2.50. The van der Waals surface area contributed by atoms with Crippen molar-refractivity contribution in [3.05, 3.63) is 34.9 Å². The molecule has 1 heterocycles. The van der Waals surface area contributed by atoms with Gasteiger partial charge in [0.2, 0.25) is 0 Å². The fraction of sp³-hybridized carbons (Fsp3) is 0.588. The molecule has 0 unspecified atom stereocenters. The van der Waals surface area contributed by atoms with Crippen molar-refractivity contribution in [2.45, 2.75) is 52.1 Å². The quantitative estimate of drug-likeness (QED) is 0.767. The number of aryl methyl sites for hydroxylation is 1. The van der Waals surface area contributed by atoms with Gasteiger partial charge in [-0.25, -0.2) is 4.79 Å². The number of hydrogen-bond donors (Lipinski definition) is 0. The van der Waals surface area contributed by atoms with Crippen LogP contribution >= 0.6 is 11.6 Å². The van der Waals surface area contributed by atoms with Gasteiger partial charge in [-0.05, 0) is 50.8 Å². The summed E-state index contributed by atoms with van der Waals surface area (Å²) in [5.41, 5.74) is 2.93. The highest BCUT2D eigenvalue weighted by molar-refractivity contribution is 6.18. The monoisotopic (exact) mass is 309 g/mol. The molecule has 0 N–H and O–H groups in total. The third-order valence-electron chi connectivity index (χ3n) is 4.70. The van der Waals surface area contributed by atoms with Gasteiger partial charge in [0.15, 0.2) is 0 Å². The second-order valence-electron chi connectivity index (χ2n) is 6.32. The molecular weight excluding hydrogens is 286 g/mol. The van der Waals surface area contributed by atoms with E-state index in [1.807, 2.05) is 4.90 Å². The largest absolute Gasteiger partial charge is 0.448 e. The second kappa shape index (κ2) is 5.53. The van der Waals surface area contributed by atoms with Gasteiger partial charge >= 0.3 is 6.09 Å². The Balaban J connectivity index is 2.57. The number of carbonyl (C=O) groups is 1. The molecule has 0 radical (unpaired) electrons. The van der Waals surface area contributed by atoms with Crippen LogP contribution in [0.15, 0.2) is 18.2 Å². The average Bonchev–Trinajstić information content (AvgIpc) is 2.62. The first kappa shape index (κ1) is 16.2. The van der Waals surface area contributed by atoms with Crippen LogP contribution in [0.1, 0.15) is 50.8 Å². The number of nitrogens with zero attached hydrogens (tertiary/aromatic N) is 1. The van der Waals surface area contributed by atoms with Crippen LogP contribution in [0.2, 0.25) is 0 Å². The Kier molecular flexibility index (Phi) is 4.25. The second-order valence-corrected chi connectivity index (χ2v) is 6.70. The van der Waals surface area contributed by atoms with Crippen molar-refractivity contribution in [1.29, 1.82) is 0 Å². The third-order valence-corrected chi connectivity index (χ3v) is 4.85. The number of carbonyl (C=O) groups excluding carboxylic acids is 1. The molecule has 116 valence electrons. The molecule has 1 atom stereocenters. The first-order valence-corrected chi connectivity index (χ1v) is 7.97. The number of benzene rings is 1. The van der Waals surface area contributed by atoms with E-state index in [9.17, 15) is 4.79 Å². The zero-order valence-corrected chi connectivity index (χ0v) is 14.3. The van der Waals surface area contributed by atoms with Crippen molar-refractivity contribution < 1.29 is 9.53 Å². The van der Waals surface area contributed by atoms with Crippen LogP contribution < -0.4 is 0 Å². The number of ether oxygens (including phenoxy) is 1. The Labute approximate surface area is 132 Å². The first-order chi connectivity index (χ1) is 9.80. The van der Waals surface area contributed by atoms with Gasteiger partial charge in [0, 0.05) is 0 Å². The van der Waals surface area contributed by atoms with Gasteiger partial charge in [0.1, 0.15) is 6.61 Å². The zero-order valence-electron chi connectivity index (χ0n) is 13.5. The van der Waals surface area contributed by atoms with E-state index in [1.165, 1.54) is 16.7 Å². The normalized spacial score (nSPS) is 23.0. The number of hydrogen-bond acceptors (Lipinski definition) is 2. The van der Waals surface area contributed by atoms with Gasteiger partial charge in [-0.15, -0.1) is 11.6 Å². The number of halogens is 1. The van der Waals surface area contributed by atoms with E-state index in [4.69, 9.17) is 16.3 Å². The van der Waals surface area contributed by atoms with Crippen molar-refractivity contribution in [1.82, 2.24) is 4.90 Å². The van der Waals surface area contributed by atoms with Crippen LogP contribution in [-0.4, -0.2) is 23.5 Å². The number of amides is 1. The zero-order chi connectivity index (χ0) is 15.8. The average molecular weight is 310 g/mol. The number of alkyl halides is 1. The first-order valence-electron chi connectivity index (χ1n) is 7.44. The minimum atomic E-state index is -0.393. The van der Waals surface area contributed by atoms with Gasteiger partial charge in [0.25, 0.3) is 0 Å². The fourth-order valence-corrected chi connectivity index (χ4v) is 3.77. The van der Waals surface area contributed by atoms with Gasteiger partial charge in [-0.3, -0.25) is 4.90 Å². The lowest BCUT2D eigenvalue weighted by Gasteiger charge is -2.41. The highest BCUT2D eigenvalue weighted by atomic mass is 35.5. The molecule has 0 saturated carbocycles. The maximum Gasteiger partial charge on any atom is 0.411 e. The highest BCUT2D eigenvalue weighted by Crippen LogP contribution is 2.52. The van der Waals surface area contributed by atoms with E-state index >= 15 is 0 Å². The number of rotatable bonds is 3. The van der Waals surface area contributed by atoms with Crippen molar-refractivity contribution in [2.75, 3.05) is 12.5 Å². The molecule has 21 heavy (non-hydrogen) atoms. The van der Waals surface area contributed by atoms with Gasteiger partial charge in [0.05, 0.1) is 17.0 Å². The predicted octanol–water partition coefficient (Wildman–Crippen LogP) is 4.55. The SMILES string of the molecule is CC[C@]1(C)c2c(C)cccc2C(C)(C)N1C(=O)OCCCl.